The van der Waals surface area contributed by atoms with Gasteiger partial charge in [0, 0.05) is 49.7 Å². The summed E-state index contributed by atoms with van der Waals surface area (Å²) in [5.41, 5.74) is 0.838. The molecule has 108 valence electrons. The third kappa shape index (κ3) is 3.14. The number of methoxy groups -OCH3 is 1. The zero-order chi connectivity index (χ0) is 14.7. The topological polar surface area (TPSA) is 72.7 Å². The van der Waals surface area contributed by atoms with Crippen LogP contribution in [0.3, 0.4) is 0 Å². The first-order chi connectivity index (χ1) is 9.51. The normalized spacial score (nSPS) is 19.9. The van der Waals surface area contributed by atoms with Gasteiger partial charge in [0.05, 0.1) is 12.0 Å². The summed E-state index contributed by atoms with van der Waals surface area (Å²) in [5.74, 6) is 0.945. The van der Waals surface area contributed by atoms with Crippen LogP contribution in [0.4, 0.5) is 5.69 Å². The minimum absolute atomic E-state index is 0.0217. The van der Waals surface area contributed by atoms with Gasteiger partial charge in [-0.3, -0.25) is 19.8 Å². The molecule has 1 atom stereocenters. The maximum Gasteiger partial charge on any atom is 0.270 e. The van der Waals surface area contributed by atoms with Gasteiger partial charge in [-0.2, -0.15) is 0 Å². The minimum atomic E-state index is -0.411. The Kier molecular flexibility index (Phi) is 4.34. The van der Waals surface area contributed by atoms with E-state index in [2.05, 4.69) is 4.90 Å². The molecular formula is C14H18N2O4. The second-order valence-corrected chi connectivity index (χ2v) is 5.11. The summed E-state index contributed by atoms with van der Waals surface area (Å²) in [5, 5.41) is 10.8. The van der Waals surface area contributed by atoms with Crippen LogP contribution >= 0.6 is 0 Å². The van der Waals surface area contributed by atoms with Gasteiger partial charge in [-0.25, -0.2) is 0 Å². The molecule has 0 radical (unpaired) electrons. The van der Waals surface area contributed by atoms with Gasteiger partial charge in [0.15, 0.2) is 0 Å². The number of rotatable bonds is 4. The highest BCUT2D eigenvalue weighted by Crippen LogP contribution is 2.26. The number of hydrogen-bond acceptors (Lipinski definition) is 5. The Hall–Kier alpha value is -1.95. The summed E-state index contributed by atoms with van der Waals surface area (Å²) < 4.78 is 5.25. The molecule has 1 unspecified atom stereocenters. The monoisotopic (exact) mass is 278 g/mol. The third-order valence-electron chi connectivity index (χ3n) is 3.62. The Labute approximate surface area is 117 Å². The average Bonchev–Trinajstić information content (AvgIpc) is 2.42. The Morgan fingerprint density at radius 2 is 2.25 bits per heavy atom. The van der Waals surface area contributed by atoms with E-state index in [1.54, 1.807) is 19.2 Å². The van der Waals surface area contributed by atoms with E-state index in [0.29, 0.717) is 31.8 Å². The van der Waals surface area contributed by atoms with Crippen molar-refractivity contribution in [3.8, 4) is 5.75 Å². The van der Waals surface area contributed by atoms with Crippen LogP contribution in [0, 0.1) is 16.0 Å². The molecule has 1 aliphatic heterocycles. The lowest BCUT2D eigenvalue weighted by Crippen LogP contribution is -2.39. The number of likely N-dealkylation sites (tertiary alicyclic amines) is 1. The van der Waals surface area contributed by atoms with Gasteiger partial charge in [0.25, 0.3) is 5.69 Å². The largest absolute Gasteiger partial charge is 0.496 e. The highest BCUT2D eigenvalue weighted by atomic mass is 16.6. The molecule has 1 aromatic carbocycles. The lowest BCUT2D eigenvalue weighted by Gasteiger charge is -2.30. The van der Waals surface area contributed by atoms with Crippen molar-refractivity contribution in [2.45, 2.75) is 19.9 Å². The fourth-order valence-corrected chi connectivity index (χ4v) is 2.48. The van der Waals surface area contributed by atoms with Crippen molar-refractivity contribution in [1.82, 2.24) is 4.90 Å². The van der Waals surface area contributed by atoms with Crippen molar-refractivity contribution < 1.29 is 14.5 Å². The van der Waals surface area contributed by atoms with Crippen LogP contribution in [0.5, 0.6) is 5.75 Å². The first-order valence-corrected chi connectivity index (χ1v) is 6.57. The van der Waals surface area contributed by atoms with E-state index in [-0.39, 0.29) is 17.4 Å². The Balaban J connectivity index is 2.17. The second-order valence-electron chi connectivity index (χ2n) is 5.11. The van der Waals surface area contributed by atoms with Gasteiger partial charge >= 0.3 is 0 Å². The van der Waals surface area contributed by atoms with Gasteiger partial charge in [0.2, 0.25) is 0 Å². The molecule has 1 aliphatic rings. The molecule has 0 aromatic heterocycles. The van der Waals surface area contributed by atoms with Crippen molar-refractivity contribution in [1.29, 1.82) is 0 Å². The summed E-state index contributed by atoms with van der Waals surface area (Å²) in [6.45, 7) is 3.85. The van der Waals surface area contributed by atoms with Gasteiger partial charge < -0.3 is 4.74 Å². The molecule has 6 heteroatoms. The average molecular weight is 278 g/mol. The zero-order valence-electron chi connectivity index (χ0n) is 11.7. The van der Waals surface area contributed by atoms with Crippen molar-refractivity contribution >= 4 is 11.5 Å². The standard InChI is InChI=1S/C14H18N2O4/c1-10-8-15(6-5-13(10)17)9-11-7-12(16(18)19)3-4-14(11)20-2/h3-4,7,10H,5-6,8-9H2,1-2H3. The van der Waals surface area contributed by atoms with Crippen LogP contribution in [0.1, 0.15) is 18.9 Å². The van der Waals surface area contributed by atoms with Crippen LogP contribution in [-0.2, 0) is 11.3 Å². The van der Waals surface area contributed by atoms with Crippen molar-refractivity contribution in [2.24, 2.45) is 5.92 Å². The fourth-order valence-electron chi connectivity index (χ4n) is 2.48. The van der Waals surface area contributed by atoms with Gasteiger partial charge in [-0.05, 0) is 6.07 Å². The molecule has 0 amide bonds. The number of nitrogens with zero attached hydrogens (tertiary/aromatic N) is 2. The van der Waals surface area contributed by atoms with Crippen LogP contribution in [0.15, 0.2) is 18.2 Å². The summed E-state index contributed by atoms with van der Waals surface area (Å²) in [7, 11) is 1.55. The highest BCUT2D eigenvalue weighted by molar-refractivity contribution is 5.81. The quantitative estimate of drug-likeness (QED) is 0.622. The lowest BCUT2D eigenvalue weighted by atomic mass is 9.98. The van der Waals surface area contributed by atoms with Crippen LogP contribution in [-0.4, -0.2) is 35.8 Å². The molecule has 6 nitrogen and oxygen atoms in total. The zero-order valence-corrected chi connectivity index (χ0v) is 11.7. The SMILES string of the molecule is COc1ccc([N+](=O)[O-])cc1CN1CCC(=O)C(C)C1. The fraction of sp³-hybridized carbons (Fsp3) is 0.500. The van der Waals surface area contributed by atoms with E-state index in [4.69, 9.17) is 4.74 Å². The molecule has 1 aromatic rings. The Morgan fingerprint density at radius 1 is 1.50 bits per heavy atom. The molecule has 1 saturated heterocycles. The lowest BCUT2D eigenvalue weighted by molar-refractivity contribution is -0.385. The van der Waals surface area contributed by atoms with Gasteiger partial charge in [-0.1, -0.05) is 6.92 Å². The summed E-state index contributed by atoms with van der Waals surface area (Å²) in [6, 6.07) is 4.59. The number of piperidine rings is 1. The molecule has 0 N–H and O–H groups in total. The third-order valence-corrected chi connectivity index (χ3v) is 3.62. The number of hydrogen-bond donors (Lipinski definition) is 0. The second kappa shape index (κ2) is 6.00. The predicted octanol–water partition coefficient (Wildman–Crippen LogP) is 2.01. The summed E-state index contributed by atoms with van der Waals surface area (Å²) in [6.07, 6.45) is 0.540. The Morgan fingerprint density at radius 3 is 2.85 bits per heavy atom. The minimum Gasteiger partial charge on any atom is -0.496 e. The number of Topliss-reactive ketones (excluding diaryl/α,β-unsaturated/α-hetero) is 1. The first-order valence-electron chi connectivity index (χ1n) is 6.57. The van der Waals surface area contributed by atoms with Crippen molar-refractivity contribution in [3.63, 3.8) is 0 Å². The van der Waals surface area contributed by atoms with Crippen LogP contribution in [0.25, 0.3) is 0 Å². The summed E-state index contributed by atoms with van der Waals surface area (Å²) in [4.78, 5) is 24.1. The van der Waals surface area contributed by atoms with Crippen LogP contribution < -0.4 is 4.74 Å². The van der Waals surface area contributed by atoms with E-state index in [1.807, 2.05) is 6.92 Å². The molecule has 1 heterocycles. The summed E-state index contributed by atoms with van der Waals surface area (Å²) >= 11 is 0. The smallest absolute Gasteiger partial charge is 0.270 e. The number of carbonyl (C=O) groups excluding carboxylic acids is 1. The van der Waals surface area contributed by atoms with Gasteiger partial charge in [-0.15, -0.1) is 0 Å². The number of ether oxygens (including phenoxy) is 1. The van der Waals surface area contributed by atoms with E-state index in [9.17, 15) is 14.9 Å². The number of non-ortho nitro benzene ring substituents is 1. The number of benzene rings is 1. The molecule has 0 spiro atoms. The maximum atomic E-state index is 11.5. The van der Waals surface area contributed by atoms with Crippen molar-refractivity contribution in [3.05, 3.63) is 33.9 Å². The maximum absolute atomic E-state index is 11.5. The number of nitro groups is 1. The predicted molar refractivity (Wildman–Crippen MR) is 73.7 cm³/mol. The highest BCUT2D eigenvalue weighted by Gasteiger charge is 2.24. The number of ketones is 1. The number of nitro benzene ring substituents is 1. The van der Waals surface area contributed by atoms with E-state index >= 15 is 0 Å². The molecule has 0 bridgehead atoms. The van der Waals surface area contributed by atoms with Gasteiger partial charge in [0.1, 0.15) is 11.5 Å². The van der Waals surface area contributed by atoms with Crippen LogP contribution in [0.2, 0.25) is 0 Å². The molecule has 20 heavy (non-hydrogen) atoms. The molecule has 1 fully saturated rings. The van der Waals surface area contributed by atoms with E-state index in [1.165, 1.54) is 6.07 Å². The number of carbonyl (C=O) groups is 1. The molecule has 2 rings (SSSR count). The Bertz CT molecular complexity index is 530. The van der Waals surface area contributed by atoms with E-state index in [0.717, 1.165) is 5.56 Å². The van der Waals surface area contributed by atoms with Crippen molar-refractivity contribution in [2.75, 3.05) is 20.2 Å². The first kappa shape index (κ1) is 14.5. The van der Waals surface area contributed by atoms with E-state index < -0.39 is 4.92 Å². The molecule has 0 aliphatic carbocycles. The molecular weight excluding hydrogens is 260 g/mol. The molecule has 0 saturated carbocycles.